The Kier molecular flexibility index (Phi) is 14.0. The van der Waals surface area contributed by atoms with Crippen LogP contribution in [0.1, 0.15) is 68.3 Å². The maximum absolute atomic E-state index is 14.1. The number of hydrogen-bond acceptors (Lipinski definition) is 7. The largest absolute Gasteiger partial charge is 0.391 e. The van der Waals surface area contributed by atoms with Crippen molar-refractivity contribution in [3.63, 3.8) is 0 Å². The van der Waals surface area contributed by atoms with Crippen LogP contribution in [0.15, 0.2) is 67.3 Å². The summed E-state index contributed by atoms with van der Waals surface area (Å²) in [4.78, 5) is 54.7. The Morgan fingerprint density at radius 3 is 2.31 bits per heavy atom. The molecule has 4 atom stereocenters. The van der Waals surface area contributed by atoms with Crippen molar-refractivity contribution in [1.29, 1.82) is 0 Å². The van der Waals surface area contributed by atoms with Gasteiger partial charge in [-0.15, -0.1) is 0 Å². The zero-order valence-corrected chi connectivity index (χ0v) is 28.4. The highest BCUT2D eigenvalue weighted by Gasteiger charge is 2.32. The molecule has 1 saturated heterocycles. The SMILES string of the molecule is O=C(N[C@@H](CC1CCCCC1)[C@@H](O)CCCc1ccccn1)[C@H](Cc1c[nH]cn1)NC(=O)[C@H](Cc1ccccc1)NC(=O)N1CCNCC1. The Morgan fingerprint density at radius 2 is 1.59 bits per heavy atom. The summed E-state index contributed by atoms with van der Waals surface area (Å²) in [6.07, 6.45) is 13.0. The first-order chi connectivity index (χ1) is 23.9. The molecular formula is C37H52N8O4. The van der Waals surface area contributed by atoms with E-state index in [1.54, 1.807) is 17.3 Å². The lowest BCUT2D eigenvalue weighted by Crippen LogP contribution is -2.59. The van der Waals surface area contributed by atoms with E-state index in [1.807, 2.05) is 48.5 Å². The molecule has 4 amide bonds. The maximum Gasteiger partial charge on any atom is 0.318 e. The van der Waals surface area contributed by atoms with E-state index in [4.69, 9.17) is 0 Å². The number of hydrogen-bond donors (Lipinski definition) is 6. The Balaban J connectivity index is 1.30. The van der Waals surface area contributed by atoms with Crippen molar-refractivity contribution in [2.24, 2.45) is 5.92 Å². The van der Waals surface area contributed by atoms with Crippen molar-refractivity contribution in [3.05, 3.63) is 84.2 Å². The molecule has 264 valence electrons. The fourth-order valence-electron chi connectivity index (χ4n) is 6.88. The average Bonchev–Trinajstić information content (AvgIpc) is 3.65. The Hall–Kier alpha value is -4.29. The molecule has 0 bridgehead atoms. The number of pyridine rings is 1. The predicted molar refractivity (Wildman–Crippen MR) is 187 cm³/mol. The van der Waals surface area contributed by atoms with Crippen molar-refractivity contribution >= 4 is 17.8 Å². The minimum atomic E-state index is -0.972. The lowest BCUT2D eigenvalue weighted by Gasteiger charge is -2.32. The van der Waals surface area contributed by atoms with Gasteiger partial charge in [-0.3, -0.25) is 14.6 Å². The number of nitrogens with zero attached hydrogens (tertiary/aromatic N) is 3. The van der Waals surface area contributed by atoms with E-state index in [9.17, 15) is 19.5 Å². The van der Waals surface area contributed by atoms with Gasteiger partial charge in [-0.2, -0.15) is 0 Å². The first-order valence-electron chi connectivity index (χ1n) is 17.9. The molecule has 1 saturated carbocycles. The molecule has 2 aliphatic rings. The number of carbonyl (C=O) groups is 3. The molecular weight excluding hydrogens is 620 g/mol. The standard InChI is InChI=1S/C37H52N8O4/c46-34(16-9-15-29-14-7-8-17-40-29)31(22-27-10-3-1-4-11-27)42-36(48)33(24-30-25-39-26-41-30)43-35(47)32(23-28-12-5-2-6-13-28)44-37(49)45-20-18-38-19-21-45/h2,5-8,12-14,17,25-27,31-34,38,46H,1,3-4,9-11,15-16,18-24H2,(H,39,41)(H,42,48)(H,43,47)(H,44,49)/t31-,32-,33-,34-/m0/s1. The first kappa shape index (κ1) is 36.0. The Bertz CT molecular complexity index is 1410. The lowest BCUT2D eigenvalue weighted by atomic mass is 9.83. The molecule has 1 aliphatic carbocycles. The second-order valence-electron chi connectivity index (χ2n) is 13.4. The Labute approximate surface area is 289 Å². The number of rotatable bonds is 16. The molecule has 2 fully saturated rings. The second-order valence-corrected chi connectivity index (χ2v) is 13.4. The number of aryl methyl sites for hydroxylation is 1. The van der Waals surface area contributed by atoms with Gasteiger partial charge >= 0.3 is 6.03 Å². The molecule has 12 heteroatoms. The van der Waals surface area contributed by atoms with Crippen LogP contribution in [0.3, 0.4) is 0 Å². The number of piperazine rings is 1. The van der Waals surface area contributed by atoms with Crippen molar-refractivity contribution in [3.8, 4) is 0 Å². The van der Waals surface area contributed by atoms with Crippen LogP contribution in [0.25, 0.3) is 0 Å². The molecule has 49 heavy (non-hydrogen) atoms. The summed E-state index contributed by atoms with van der Waals surface area (Å²) in [5, 5.41) is 23.7. The third-order valence-electron chi connectivity index (χ3n) is 9.67. The highest BCUT2D eigenvalue weighted by atomic mass is 16.3. The van der Waals surface area contributed by atoms with Gasteiger partial charge in [-0.1, -0.05) is 68.5 Å². The molecule has 3 heterocycles. The van der Waals surface area contributed by atoms with Crippen LogP contribution in [0.5, 0.6) is 0 Å². The van der Waals surface area contributed by atoms with Crippen molar-refractivity contribution < 1.29 is 19.5 Å². The summed E-state index contributed by atoms with van der Waals surface area (Å²) in [6, 6.07) is 12.7. The van der Waals surface area contributed by atoms with Crippen LogP contribution in [0.2, 0.25) is 0 Å². The van der Waals surface area contributed by atoms with E-state index in [0.717, 1.165) is 49.8 Å². The number of carbonyl (C=O) groups excluding carboxylic acids is 3. The fourth-order valence-corrected chi connectivity index (χ4v) is 6.88. The minimum absolute atomic E-state index is 0.150. The van der Waals surface area contributed by atoms with Crippen LogP contribution in [0, 0.1) is 5.92 Å². The van der Waals surface area contributed by atoms with Crippen LogP contribution in [-0.2, 0) is 28.9 Å². The fraction of sp³-hybridized carbons (Fsp3) is 0.541. The number of imidazole rings is 1. The number of H-pyrrole nitrogens is 1. The Morgan fingerprint density at radius 1 is 0.857 bits per heavy atom. The molecule has 5 rings (SSSR count). The number of aromatic amines is 1. The summed E-state index contributed by atoms with van der Waals surface area (Å²) in [5.41, 5.74) is 2.47. The third kappa shape index (κ3) is 11.7. The number of aromatic nitrogens is 3. The molecule has 1 aliphatic heterocycles. The average molecular weight is 673 g/mol. The third-order valence-corrected chi connectivity index (χ3v) is 9.67. The van der Waals surface area contributed by atoms with Crippen LogP contribution in [-0.4, -0.2) is 93.2 Å². The monoisotopic (exact) mass is 672 g/mol. The van der Waals surface area contributed by atoms with E-state index >= 15 is 0 Å². The number of amides is 4. The number of urea groups is 1. The van der Waals surface area contributed by atoms with Gasteiger partial charge in [-0.25, -0.2) is 9.78 Å². The number of nitrogens with one attached hydrogen (secondary N) is 5. The van der Waals surface area contributed by atoms with Crippen molar-refractivity contribution in [2.45, 2.75) is 94.9 Å². The van der Waals surface area contributed by atoms with Crippen LogP contribution in [0.4, 0.5) is 4.79 Å². The zero-order valence-electron chi connectivity index (χ0n) is 28.4. The predicted octanol–water partition coefficient (Wildman–Crippen LogP) is 2.90. The quantitative estimate of drug-likeness (QED) is 0.136. The van der Waals surface area contributed by atoms with E-state index in [0.29, 0.717) is 50.6 Å². The molecule has 6 N–H and O–H groups in total. The van der Waals surface area contributed by atoms with Crippen molar-refractivity contribution in [2.75, 3.05) is 26.2 Å². The van der Waals surface area contributed by atoms with E-state index in [1.165, 1.54) is 12.7 Å². The van der Waals surface area contributed by atoms with Crippen LogP contribution >= 0.6 is 0 Å². The van der Waals surface area contributed by atoms with Gasteiger partial charge in [-0.05, 0) is 49.3 Å². The highest BCUT2D eigenvalue weighted by molar-refractivity contribution is 5.92. The summed E-state index contributed by atoms with van der Waals surface area (Å²) in [6.45, 7) is 2.46. The van der Waals surface area contributed by atoms with E-state index in [2.05, 4.69) is 36.2 Å². The minimum Gasteiger partial charge on any atom is -0.391 e. The van der Waals surface area contributed by atoms with Gasteiger partial charge in [0.05, 0.1) is 24.2 Å². The first-order valence-corrected chi connectivity index (χ1v) is 17.9. The highest BCUT2D eigenvalue weighted by Crippen LogP contribution is 2.28. The molecule has 3 aromatic rings. The number of aliphatic hydroxyl groups is 1. The topological polar surface area (TPSA) is 164 Å². The van der Waals surface area contributed by atoms with Gasteiger partial charge in [0.2, 0.25) is 11.8 Å². The molecule has 12 nitrogen and oxygen atoms in total. The van der Waals surface area contributed by atoms with Gasteiger partial charge < -0.3 is 36.3 Å². The van der Waals surface area contributed by atoms with E-state index in [-0.39, 0.29) is 24.8 Å². The zero-order chi connectivity index (χ0) is 34.3. The second kappa shape index (κ2) is 19.0. The molecule has 2 aromatic heterocycles. The van der Waals surface area contributed by atoms with Crippen molar-refractivity contribution in [1.82, 2.24) is 41.1 Å². The summed E-state index contributed by atoms with van der Waals surface area (Å²) in [7, 11) is 0. The number of benzene rings is 1. The van der Waals surface area contributed by atoms with E-state index < -0.39 is 30.1 Å². The molecule has 0 unspecified atom stereocenters. The van der Waals surface area contributed by atoms with Gasteiger partial charge in [0.1, 0.15) is 12.1 Å². The summed E-state index contributed by atoms with van der Waals surface area (Å²) < 4.78 is 0. The van der Waals surface area contributed by atoms with Gasteiger partial charge in [0, 0.05) is 57.1 Å². The molecule has 0 radical (unpaired) electrons. The lowest BCUT2D eigenvalue weighted by molar-refractivity contribution is -0.131. The molecule has 1 aromatic carbocycles. The smallest absolute Gasteiger partial charge is 0.318 e. The van der Waals surface area contributed by atoms with Crippen LogP contribution < -0.4 is 21.3 Å². The molecule has 0 spiro atoms. The summed E-state index contributed by atoms with van der Waals surface area (Å²) in [5.74, 6) is -0.421. The van der Waals surface area contributed by atoms with Gasteiger partial charge in [0.25, 0.3) is 0 Å². The number of aliphatic hydroxyl groups excluding tert-OH is 1. The normalized spacial score (nSPS) is 17.8. The maximum atomic E-state index is 14.1. The summed E-state index contributed by atoms with van der Waals surface area (Å²) >= 11 is 0. The van der Waals surface area contributed by atoms with Gasteiger partial charge in [0.15, 0.2) is 0 Å².